The highest BCUT2D eigenvalue weighted by molar-refractivity contribution is 7.89. The van der Waals surface area contributed by atoms with Gasteiger partial charge < -0.3 is 5.32 Å². The lowest BCUT2D eigenvalue weighted by Crippen LogP contribution is -2.12. The minimum atomic E-state index is -3.74. The first-order chi connectivity index (χ1) is 14.0. The average Bonchev–Trinajstić information content (AvgIpc) is 3.17. The Morgan fingerprint density at radius 1 is 0.862 bits per heavy atom. The number of anilines is 1. The number of aromatic nitrogens is 2. The summed E-state index contributed by atoms with van der Waals surface area (Å²) in [6.07, 6.45) is 0. The molecule has 0 aliphatic heterocycles. The van der Waals surface area contributed by atoms with E-state index in [1.165, 1.54) is 12.1 Å². The van der Waals surface area contributed by atoms with Crippen LogP contribution < -0.4 is 10.5 Å². The summed E-state index contributed by atoms with van der Waals surface area (Å²) in [6.45, 7) is 0.562. The number of benzene rings is 3. The van der Waals surface area contributed by atoms with Crippen LogP contribution in [0.25, 0.3) is 16.9 Å². The Balaban J connectivity index is 1.70. The number of rotatable bonds is 6. The van der Waals surface area contributed by atoms with Gasteiger partial charge in [-0.2, -0.15) is 5.10 Å². The van der Waals surface area contributed by atoms with Crippen LogP contribution in [0.1, 0.15) is 5.69 Å². The van der Waals surface area contributed by atoms with Gasteiger partial charge in [0.15, 0.2) is 0 Å². The maximum absolute atomic E-state index is 11.5. The van der Waals surface area contributed by atoms with Crippen molar-refractivity contribution >= 4 is 15.7 Å². The molecule has 4 rings (SSSR count). The highest BCUT2D eigenvalue weighted by Gasteiger charge is 2.13. The van der Waals surface area contributed by atoms with Crippen LogP contribution in [-0.4, -0.2) is 18.2 Å². The zero-order chi connectivity index (χ0) is 20.3. The molecule has 1 aromatic heterocycles. The largest absolute Gasteiger partial charge is 0.379 e. The summed E-state index contributed by atoms with van der Waals surface area (Å²) >= 11 is 0. The smallest absolute Gasteiger partial charge is 0.238 e. The molecule has 0 atom stereocenters. The summed E-state index contributed by atoms with van der Waals surface area (Å²) in [5, 5.41) is 13.3. The predicted octanol–water partition coefficient (Wildman–Crippen LogP) is 3.80. The zero-order valence-corrected chi connectivity index (χ0v) is 16.4. The van der Waals surface area contributed by atoms with Crippen molar-refractivity contribution in [2.75, 3.05) is 5.32 Å². The molecule has 0 amide bonds. The average molecular weight is 404 g/mol. The second-order valence-electron chi connectivity index (χ2n) is 6.56. The van der Waals surface area contributed by atoms with Gasteiger partial charge in [-0.05, 0) is 42.5 Å². The van der Waals surface area contributed by atoms with Crippen molar-refractivity contribution in [3.8, 4) is 16.9 Å². The van der Waals surface area contributed by atoms with E-state index >= 15 is 0 Å². The molecule has 0 spiro atoms. The molecule has 29 heavy (non-hydrogen) atoms. The molecule has 0 saturated heterocycles. The molecule has 1 heterocycles. The third-order valence-corrected chi connectivity index (χ3v) is 5.42. The van der Waals surface area contributed by atoms with Gasteiger partial charge in [-0.15, -0.1) is 0 Å². The first kappa shape index (κ1) is 18.9. The van der Waals surface area contributed by atoms with E-state index in [2.05, 4.69) is 5.32 Å². The fourth-order valence-corrected chi connectivity index (χ4v) is 3.57. The molecule has 0 fully saturated rings. The molecule has 0 radical (unpaired) electrons. The number of hydrogen-bond donors (Lipinski definition) is 2. The number of hydrogen-bond acceptors (Lipinski definition) is 4. The van der Waals surface area contributed by atoms with Crippen LogP contribution in [0.15, 0.2) is 95.9 Å². The van der Waals surface area contributed by atoms with E-state index in [4.69, 9.17) is 10.2 Å². The Morgan fingerprint density at radius 3 is 2.10 bits per heavy atom. The van der Waals surface area contributed by atoms with Gasteiger partial charge in [0, 0.05) is 11.3 Å². The number of para-hydroxylation sites is 1. The molecule has 0 saturated carbocycles. The van der Waals surface area contributed by atoms with E-state index in [-0.39, 0.29) is 4.90 Å². The highest BCUT2D eigenvalue weighted by Crippen LogP contribution is 2.25. The number of nitrogens with zero attached hydrogens (tertiary/aromatic N) is 2. The first-order valence-corrected chi connectivity index (χ1v) is 10.6. The maximum atomic E-state index is 11.5. The lowest BCUT2D eigenvalue weighted by Gasteiger charge is -2.08. The third kappa shape index (κ3) is 4.37. The number of sulfonamides is 1. The van der Waals surface area contributed by atoms with Gasteiger partial charge in [-0.1, -0.05) is 48.5 Å². The predicted molar refractivity (Wildman–Crippen MR) is 114 cm³/mol. The Labute approximate surface area is 169 Å². The lowest BCUT2D eigenvalue weighted by atomic mass is 10.1. The van der Waals surface area contributed by atoms with Crippen LogP contribution in [-0.2, 0) is 16.6 Å². The van der Waals surface area contributed by atoms with Crippen molar-refractivity contribution in [2.24, 2.45) is 5.14 Å². The SMILES string of the molecule is NS(=O)(=O)c1ccc(-n2nc(CNc3ccccc3)cc2-c2ccccc2)cc1. The van der Waals surface area contributed by atoms with E-state index in [1.54, 1.807) is 12.1 Å². The van der Waals surface area contributed by atoms with E-state index in [9.17, 15) is 8.42 Å². The zero-order valence-electron chi connectivity index (χ0n) is 15.6. The standard InChI is InChI=1S/C22H20N4O2S/c23-29(27,28)21-13-11-20(12-14-21)26-22(17-7-3-1-4-8-17)15-19(25-26)16-24-18-9-5-2-6-10-18/h1-15,24H,16H2,(H2,23,27,28). The Hall–Kier alpha value is -3.42. The van der Waals surface area contributed by atoms with Gasteiger partial charge in [0.25, 0.3) is 0 Å². The molecule has 3 N–H and O–H groups in total. The number of primary sulfonamides is 1. The summed E-state index contributed by atoms with van der Waals surface area (Å²) in [7, 11) is -3.74. The van der Waals surface area contributed by atoms with Crippen LogP contribution in [0.5, 0.6) is 0 Å². The molecule has 0 aliphatic carbocycles. The molecule has 4 aromatic rings. The first-order valence-electron chi connectivity index (χ1n) is 9.07. The second kappa shape index (κ2) is 7.90. The van der Waals surface area contributed by atoms with Crippen molar-refractivity contribution < 1.29 is 8.42 Å². The van der Waals surface area contributed by atoms with Gasteiger partial charge in [0.05, 0.1) is 28.5 Å². The quantitative estimate of drug-likeness (QED) is 0.511. The van der Waals surface area contributed by atoms with Crippen molar-refractivity contribution in [3.63, 3.8) is 0 Å². The molecular formula is C22H20N4O2S. The molecule has 7 heteroatoms. The van der Waals surface area contributed by atoms with Crippen molar-refractivity contribution in [3.05, 3.63) is 96.7 Å². The van der Waals surface area contributed by atoms with Crippen LogP contribution in [0.3, 0.4) is 0 Å². The monoisotopic (exact) mass is 404 g/mol. The second-order valence-corrected chi connectivity index (χ2v) is 8.12. The Kier molecular flexibility index (Phi) is 5.16. The molecule has 0 bridgehead atoms. The van der Waals surface area contributed by atoms with Crippen LogP contribution in [0, 0.1) is 0 Å². The third-order valence-electron chi connectivity index (χ3n) is 4.49. The topological polar surface area (TPSA) is 90.0 Å². The van der Waals surface area contributed by atoms with Crippen LogP contribution in [0.4, 0.5) is 5.69 Å². The molecule has 146 valence electrons. The number of nitrogens with one attached hydrogen (secondary N) is 1. The molecule has 3 aromatic carbocycles. The minimum Gasteiger partial charge on any atom is -0.379 e. The Bertz CT molecular complexity index is 1200. The van der Waals surface area contributed by atoms with E-state index in [1.807, 2.05) is 71.4 Å². The van der Waals surface area contributed by atoms with Crippen molar-refractivity contribution in [1.82, 2.24) is 9.78 Å². The summed E-state index contributed by atoms with van der Waals surface area (Å²) in [5.41, 5.74) is 4.56. The molecular weight excluding hydrogens is 384 g/mol. The van der Waals surface area contributed by atoms with Gasteiger partial charge in [-0.25, -0.2) is 18.2 Å². The van der Waals surface area contributed by atoms with Gasteiger partial charge in [-0.3, -0.25) is 0 Å². The van der Waals surface area contributed by atoms with Crippen molar-refractivity contribution in [1.29, 1.82) is 0 Å². The summed E-state index contributed by atoms with van der Waals surface area (Å²) in [4.78, 5) is 0.0700. The number of nitrogens with two attached hydrogens (primary N) is 1. The van der Waals surface area contributed by atoms with Gasteiger partial charge in [0.1, 0.15) is 0 Å². The van der Waals surface area contributed by atoms with Crippen LogP contribution in [0.2, 0.25) is 0 Å². The van der Waals surface area contributed by atoms with E-state index < -0.39 is 10.0 Å². The van der Waals surface area contributed by atoms with Gasteiger partial charge in [0.2, 0.25) is 10.0 Å². The summed E-state index contributed by atoms with van der Waals surface area (Å²) in [6, 6.07) is 28.3. The van der Waals surface area contributed by atoms with Crippen molar-refractivity contribution in [2.45, 2.75) is 11.4 Å². The summed E-state index contributed by atoms with van der Waals surface area (Å²) in [5.74, 6) is 0. The lowest BCUT2D eigenvalue weighted by molar-refractivity contribution is 0.598. The normalized spacial score (nSPS) is 11.3. The summed E-state index contributed by atoms with van der Waals surface area (Å²) < 4.78 is 24.9. The molecule has 0 unspecified atom stereocenters. The maximum Gasteiger partial charge on any atom is 0.238 e. The van der Waals surface area contributed by atoms with E-state index in [0.29, 0.717) is 6.54 Å². The van der Waals surface area contributed by atoms with E-state index in [0.717, 1.165) is 28.3 Å². The molecule has 6 nitrogen and oxygen atoms in total. The fourth-order valence-electron chi connectivity index (χ4n) is 3.05. The highest BCUT2D eigenvalue weighted by atomic mass is 32.2. The fraction of sp³-hybridized carbons (Fsp3) is 0.0455. The van der Waals surface area contributed by atoms with Crippen LogP contribution >= 0.6 is 0 Å². The molecule has 0 aliphatic rings. The van der Waals surface area contributed by atoms with Gasteiger partial charge >= 0.3 is 0 Å². The minimum absolute atomic E-state index is 0.0700. The Morgan fingerprint density at radius 2 is 1.48 bits per heavy atom.